The van der Waals surface area contributed by atoms with Crippen molar-refractivity contribution >= 4 is 32.2 Å². The number of hydrogen-bond donors (Lipinski definition) is 1. The number of rotatable bonds is 10. The van der Waals surface area contributed by atoms with Crippen molar-refractivity contribution in [3.05, 3.63) is 29.3 Å². The van der Waals surface area contributed by atoms with Crippen molar-refractivity contribution in [2.24, 2.45) is 0 Å². The minimum atomic E-state index is -2.07. The lowest BCUT2D eigenvalue weighted by molar-refractivity contribution is -0.201. The summed E-state index contributed by atoms with van der Waals surface area (Å²) in [4.78, 5) is 24.7. The SMILES string of the molecule is CCOc1ccc(C(OC(=O)O)(OC(=O)C2(C)CCCO2)SC)cc1CO[Si](C)(C)C(C)(C)C. The number of benzene rings is 1. The topological polar surface area (TPSA) is 101 Å². The molecule has 1 saturated heterocycles. The Hall–Kier alpha value is -1.75. The zero-order valence-electron chi connectivity index (χ0n) is 21.5. The van der Waals surface area contributed by atoms with Gasteiger partial charge < -0.3 is 28.5 Å². The molecule has 192 valence electrons. The number of hydrogen-bond acceptors (Lipinski definition) is 8. The van der Waals surface area contributed by atoms with Gasteiger partial charge in [0.25, 0.3) is 0 Å². The Morgan fingerprint density at radius 3 is 2.41 bits per heavy atom. The molecule has 2 atom stereocenters. The molecule has 1 heterocycles. The maximum atomic E-state index is 13.0. The Kier molecular flexibility index (Phi) is 9.12. The molecule has 2 unspecified atom stereocenters. The zero-order valence-corrected chi connectivity index (χ0v) is 23.3. The average molecular weight is 515 g/mol. The van der Waals surface area contributed by atoms with E-state index >= 15 is 0 Å². The second kappa shape index (κ2) is 10.9. The predicted molar refractivity (Wildman–Crippen MR) is 134 cm³/mol. The van der Waals surface area contributed by atoms with E-state index in [0.717, 1.165) is 23.7 Å². The van der Waals surface area contributed by atoms with Gasteiger partial charge in [-0.1, -0.05) is 32.5 Å². The summed E-state index contributed by atoms with van der Waals surface area (Å²) >= 11 is 0.966. The lowest BCUT2D eigenvalue weighted by Crippen LogP contribution is -2.43. The van der Waals surface area contributed by atoms with Gasteiger partial charge in [0.2, 0.25) is 0 Å². The van der Waals surface area contributed by atoms with Gasteiger partial charge in [-0.15, -0.1) is 0 Å². The number of carboxylic acid groups (broad SMARTS) is 1. The first-order valence-electron chi connectivity index (χ1n) is 11.4. The molecular formula is C24H38O8SSi. The van der Waals surface area contributed by atoms with Gasteiger partial charge in [-0.3, -0.25) is 0 Å². The smallest absolute Gasteiger partial charge is 0.494 e. The minimum absolute atomic E-state index is 0.0120. The molecule has 1 aliphatic rings. The van der Waals surface area contributed by atoms with Crippen molar-refractivity contribution < 1.29 is 38.1 Å². The molecule has 0 aliphatic carbocycles. The van der Waals surface area contributed by atoms with Crippen LogP contribution in [0.4, 0.5) is 4.79 Å². The number of esters is 1. The molecule has 1 aromatic carbocycles. The van der Waals surface area contributed by atoms with Crippen molar-refractivity contribution in [2.45, 2.75) is 82.9 Å². The molecule has 34 heavy (non-hydrogen) atoms. The van der Waals surface area contributed by atoms with Gasteiger partial charge in [-0.2, -0.15) is 0 Å². The van der Waals surface area contributed by atoms with E-state index < -0.39 is 31.2 Å². The van der Waals surface area contributed by atoms with Crippen LogP contribution in [-0.4, -0.2) is 50.6 Å². The zero-order chi connectivity index (χ0) is 25.8. The van der Waals surface area contributed by atoms with Crippen LogP contribution in [0.2, 0.25) is 18.1 Å². The van der Waals surface area contributed by atoms with Crippen LogP contribution >= 0.6 is 11.8 Å². The van der Waals surface area contributed by atoms with Gasteiger partial charge in [0.05, 0.1) is 13.2 Å². The summed E-state index contributed by atoms with van der Waals surface area (Å²) in [6.45, 7) is 15.5. The highest BCUT2D eigenvalue weighted by Gasteiger charge is 2.48. The normalized spacial score (nSPS) is 20.5. The first kappa shape index (κ1) is 28.5. The summed E-state index contributed by atoms with van der Waals surface area (Å²) in [6, 6.07) is 5.09. The Bertz CT molecular complexity index is 876. The van der Waals surface area contributed by atoms with Gasteiger partial charge in [0.1, 0.15) is 5.75 Å². The summed E-state index contributed by atoms with van der Waals surface area (Å²) in [6.07, 6.45) is 1.26. The van der Waals surface area contributed by atoms with Crippen LogP contribution in [-0.2, 0) is 35.2 Å². The first-order chi connectivity index (χ1) is 15.7. The van der Waals surface area contributed by atoms with Crippen LogP contribution < -0.4 is 4.74 Å². The standard InChI is InChI=1S/C24H38O8SSi/c1-9-28-19-12-11-18(15-17(19)16-30-34(7,8)22(2,3)4)24(33-6,32-21(26)27)31-20(25)23(5)13-10-14-29-23/h11-12,15H,9-10,13-14,16H2,1-8H3,(H,26,27). The molecule has 0 amide bonds. The van der Waals surface area contributed by atoms with Crippen LogP contribution in [0.3, 0.4) is 0 Å². The maximum Gasteiger partial charge on any atom is 0.510 e. The molecule has 1 fully saturated rings. The Morgan fingerprint density at radius 2 is 1.91 bits per heavy atom. The average Bonchev–Trinajstić information content (AvgIpc) is 3.19. The molecule has 0 spiro atoms. The van der Waals surface area contributed by atoms with E-state index in [-0.39, 0.29) is 11.6 Å². The third-order valence-corrected chi connectivity index (χ3v) is 11.9. The molecule has 1 N–H and O–H groups in total. The fraction of sp³-hybridized carbons (Fsp3) is 0.667. The Balaban J connectivity index is 2.48. The van der Waals surface area contributed by atoms with Crippen LogP contribution in [0.25, 0.3) is 0 Å². The molecular weight excluding hydrogens is 476 g/mol. The maximum absolute atomic E-state index is 13.0. The van der Waals surface area contributed by atoms with E-state index in [1.54, 1.807) is 31.4 Å². The van der Waals surface area contributed by atoms with E-state index in [0.29, 0.717) is 30.9 Å². The van der Waals surface area contributed by atoms with E-state index in [9.17, 15) is 14.7 Å². The molecule has 0 aromatic heterocycles. The Morgan fingerprint density at radius 1 is 1.24 bits per heavy atom. The van der Waals surface area contributed by atoms with Gasteiger partial charge >= 0.3 is 17.2 Å². The molecule has 0 radical (unpaired) electrons. The van der Waals surface area contributed by atoms with E-state index in [1.165, 1.54) is 0 Å². The van der Waals surface area contributed by atoms with E-state index in [2.05, 4.69) is 33.9 Å². The van der Waals surface area contributed by atoms with Crippen LogP contribution in [0.15, 0.2) is 18.2 Å². The minimum Gasteiger partial charge on any atom is -0.494 e. The largest absolute Gasteiger partial charge is 0.510 e. The molecule has 10 heteroatoms. The van der Waals surface area contributed by atoms with Crippen LogP contribution in [0.1, 0.15) is 58.6 Å². The first-order valence-corrected chi connectivity index (χ1v) is 15.6. The summed E-state index contributed by atoms with van der Waals surface area (Å²) in [5, 5.41) is 7.59. The highest BCUT2D eigenvalue weighted by atomic mass is 32.2. The lowest BCUT2D eigenvalue weighted by atomic mass is 10.0. The summed E-state index contributed by atoms with van der Waals surface area (Å²) in [7, 11) is -2.07. The van der Waals surface area contributed by atoms with E-state index in [4.69, 9.17) is 23.4 Å². The lowest BCUT2D eigenvalue weighted by Gasteiger charge is -2.36. The summed E-state index contributed by atoms with van der Waals surface area (Å²) < 4.78 is 28.7. The third-order valence-electron chi connectivity index (χ3n) is 6.48. The van der Waals surface area contributed by atoms with Crippen molar-refractivity contribution in [3.8, 4) is 5.75 Å². The molecule has 0 bridgehead atoms. The fourth-order valence-electron chi connectivity index (χ4n) is 3.28. The molecule has 8 nitrogen and oxygen atoms in total. The highest BCUT2D eigenvalue weighted by molar-refractivity contribution is 7.99. The molecule has 1 aromatic rings. The van der Waals surface area contributed by atoms with Crippen molar-refractivity contribution in [2.75, 3.05) is 19.5 Å². The van der Waals surface area contributed by atoms with E-state index in [1.807, 2.05) is 6.92 Å². The van der Waals surface area contributed by atoms with Gasteiger partial charge in [0, 0.05) is 17.7 Å². The third kappa shape index (κ3) is 6.47. The van der Waals surface area contributed by atoms with Crippen LogP contribution in [0.5, 0.6) is 5.75 Å². The highest BCUT2D eigenvalue weighted by Crippen LogP contribution is 2.43. The molecule has 2 rings (SSSR count). The van der Waals surface area contributed by atoms with Crippen molar-refractivity contribution in [3.63, 3.8) is 0 Å². The summed E-state index contributed by atoms with van der Waals surface area (Å²) in [5.41, 5.74) is -0.0758. The molecule has 0 saturated carbocycles. The monoisotopic (exact) mass is 514 g/mol. The van der Waals surface area contributed by atoms with Gasteiger partial charge in [0.15, 0.2) is 13.9 Å². The summed E-state index contributed by atoms with van der Waals surface area (Å²) in [5.74, 6) is -0.0544. The second-order valence-electron chi connectivity index (χ2n) is 10.0. The quantitative estimate of drug-likeness (QED) is 0.233. The number of ether oxygens (including phenoxy) is 4. The fourth-order valence-corrected chi connectivity index (χ4v) is 4.90. The van der Waals surface area contributed by atoms with Crippen LogP contribution in [0, 0.1) is 0 Å². The number of carbonyl (C=O) groups excluding carboxylic acids is 1. The van der Waals surface area contributed by atoms with Gasteiger partial charge in [-0.25, -0.2) is 9.59 Å². The number of thioether (sulfide) groups is 1. The predicted octanol–water partition coefficient (Wildman–Crippen LogP) is 5.89. The van der Waals surface area contributed by atoms with Crippen molar-refractivity contribution in [1.82, 2.24) is 0 Å². The second-order valence-corrected chi connectivity index (χ2v) is 15.8. The Labute approximate surface area is 207 Å². The molecule has 1 aliphatic heterocycles. The van der Waals surface area contributed by atoms with Crippen molar-refractivity contribution in [1.29, 1.82) is 0 Å². The number of carbonyl (C=O) groups is 2. The van der Waals surface area contributed by atoms with Gasteiger partial charge in [-0.05, 0) is 69.3 Å².